The second kappa shape index (κ2) is 8.81. The Labute approximate surface area is 183 Å². The van der Waals surface area contributed by atoms with Crippen molar-refractivity contribution in [2.45, 2.75) is 6.04 Å². The number of morpholine rings is 1. The lowest BCUT2D eigenvalue weighted by Gasteiger charge is -2.31. The number of carbonyl (C=O) groups is 2. The van der Waals surface area contributed by atoms with E-state index in [4.69, 9.17) is 32.4 Å². The number of aliphatic hydroxyl groups is 1. The molecule has 30 heavy (non-hydrogen) atoms. The molecule has 1 amide bonds. The van der Waals surface area contributed by atoms with Crippen molar-refractivity contribution in [3.8, 4) is 0 Å². The van der Waals surface area contributed by atoms with Crippen molar-refractivity contribution in [1.82, 2.24) is 9.80 Å². The molecule has 1 atom stereocenters. The first-order chi connectivity index (χ1) is 14.5. The first-order valence-electron chi connectivity index (χ1n) is 9.54. The van der Waals surface area contributed by atoms with Gasteiger partial charge < -0.3 is 19.2 Å². The van der Waals surface area contributed by atoms with Gasteiger partial charge in [0.25, 0.3) is 5.91 Å². The zero-order chi connectivity index (χ0) is 21.3. The minimum Gasteiger partial charge on any atom is -0.503 e. The SMILES string of the molecule is O=C(C1=C(O)C(=O)N(CCN2CCOCC2)C1c1ccc(Cl)c(Cl)c1)c1ccco1. The minimum absolute atomic E-state index is 0.0321. The standard InChI is InChI=1S/C21H20Cl2N2O5/c22-14-4-3-13(12-15(14)23)18-17(19(26)16-2-1-9-30-16)20(27)21(28)25(18)6-5-24-7-10-29-11-8-24/h1-4,9,12,18,27H,5-8,10-11H2. The number of rotatable bonds is 6. The number of aliphatic hydroxyl groups excluding tert-OH is 1. The van der Waals surface area contributed by atoms with Gasteiger partial charge in [-0.25, -0.2) is 0 Å². The summed E-state index contributed by atoms with van der Waals surface area (Å²) in [5.41, 5.74) is 0.550. The van der Waals surface area contributed by atoms with Gasteiger partial charge in [0.1, 0.15) is 0 Å². The van der Waals surface area contributed by atoms with Gasteiger partial charge in [-0.15, -0.1) is 0 Å². The summed E-state index contributed by atoms with van der Waals surface area (Å²) in [7, 11) is 0. The summed E-state index contributed by atoms with van der Waals surface area (Å²) in [5.74, 6) is -1.68. The van der Waals surface area contributed by atoms with Crippen LogP contribution in [0.2, 0.25) is 10.0 Å². The molecule has 2 aliphatic heterocycles. The van der Waals surface area contributed by atoms with Gasteiger partial charge >= 0.3 is 0 Å². The molecule has 1 aromatic heterocycles. The molecular formula is C21H20Cl2N2O5. The van der Waals surface area contributed by atoms with Gasteiger partial charge in [-0.2, -0.15) is 0 Å². The molecule has 1 N–H and O–H groups in total. The number of carbonyl (C=O) groups excluding carboxylic acids is 2. The van der Waals surface area contributed by atoms with Crippen LogP contribution in [0.5, 0.6) is 0 Å². The molecule has 4 rings (SSSR count). The highest BCUT2D eigenvalue weighted by Gasteiger charge is 2.44. The number of nitrogens with zero attached hydrogens (tertiary/aromatic N) is 2. The first kappa shape index (κ1) is 20.9. The van der Waals surface area contributed by atoms with Crippen molar-refractivity contribution in [3.63, 3.8) is 0 Å². The second-order valence-corrected chi connectivity index (χ2v) is 7.91. The van der Waals surface area contributed by atoms with Crippen LogP contribution in [-0.4, -0.2) is 66.0 Å². The molecule has 0 radical (unpaired) electrons. The third-order valence-electron chi connectivity index (χ3n) is 5.31. The van der Waals surface area contributed by atoms with E-state index in [9.17, 15) is 14.7 Å². The predicted octanol–water partition coefficient (Wildman–Crippen LogP) is 3.50. The number of amides is 1. The second-order valence-electron chi connectivity index (χ2n) is 7.10. The van der Waals surface area contributed by atoms with Crippen molar-refractivity contribution in [1.29, 1.82) is 0 Å². The van der Waals surface area contributed by atoms with Crippen LogP contribution in [-0.2, 0) is 9.53 Å². The highest BCUT2D eigenvalue weighted by atomic mass is 35.5. The van der Waals surface area contributed by atoms with Crippen LogP contribution in [0.4, 0.5) is 0 Å². The van der Waals surface area contributed by atoms with Gasteiger partial charge in [0.15, 0.2) is 11.5 Å². The molecule has 3 heterocycles. The number of halogens is 2. The molecule has 2 aliphatic rings. The summed E-state index contributed by atoms with van der Waals surface area (Å²) in [5, 5.41) is 11.3. The third kappa shape index (κ3) is 3.98. The summed E-state index contributed by atoms with van der Waals surface area (Å²) in [6, 6.07) is 7.18. The number of hydrogen-bond donors (Lipinski definition) is 1. The maximum absolute atomic E-state index is 13.1. The van der Waals surface area contributed by atoms with Crippen LogP contribution in [0.15, 0.2) is 52.3 Å². The maximum Gasteiger partial charge on any atom is 0.290 e. The minimum atomic E-state index is -0.800. The van der Waals surface area contributed by atoms with E-state index >= 15 is 0 Å². The fourth-order valence-corrected chi connectivity index (χ4v) is 4.07. The van der Waals surface area contributed by atoms with Crippen LogP contribution >= 0.6 is 23.2 Å². The molecule has 0 aliphatic carbocycles. The maximum atomic E-state index is 13.1. The van der Waals surface area contributed by atoms with Gasteiger partial charge in [-0.3, -0.25) is 14.5 Å². The largest absolute Gasteiger partial charge is 0.503 e. The van der Waals surface area contributed by atoms with Gasteiger partial charge in [-0.1, -0.05) is 29.3 Å². The van der Waals surface area contributed by atoms with Crippen molar-refractivity contribution < 1.29 is 23.8 Å². The van der Waals surface area contributed by atoms with E-state index in [1.165, 1.54) is 17.2 Å². The van der Waals surface area contributed by atoms with Crippen molar-refractivity contribution >= 4 is 34.9 Å². The molecule has 1 fully saturated rings. The normalized spacial score (nSPS) is 20.3. The van der Waals surface area contributed by atoms with Crippen LogP contribution in [0, 0.1) is 0 Å². The molecule has 9 heteroatoms. The van der Waals surface area contributed by atoms with Crippen LogP contribution < -0.4 is 0 Å². The van der Waals surface area contributed by atoms with E-state index in [1.54, 1.807) is 24.3 Å². The lowest BCUT2D eigenvalue weighted by molar-refractivity contribution is -0.129. The third-order valence-corrected chi connectivity index (χ3v) is 6.05. The molecule has 2 aromatic rings. The molecule has 158 valence electrons. The van der Waals surface area contributed by atoms with Gasteiger partial charge in [-0.05, 0) is 29.8 Å². The summed E-state index contributed by atoms with van der Waals surface area (Å²) in [4.78, 5) is 29.7. The highest BCUT2D eigenvalue weighted by molar-refractivity contribution is 6.42. The Hall–Kier alpha value is -2.32. The van der Waals surface area contributed by atoms with Gasteiger partial charge in [0.05, 0.1) is 41.1 Å². The Morgan fingerprint density at radius 2 is 1.90 bits per heavy atom. The lowest BCUT2D eigenvalue weighted by atomic mass is 9.95. The number of ketones is 1. The predicted molar refractivity (Wildman–Crippen MR) is 111 cm³/mol. The van der Waals surface area contributed by atoms with Crippen molar-refractivity contribution in [2.24, 2.45) is 0 Å². The van der Waals surface area contributed by atoms with Crippen molar-refractivity contribution in [3.05, 3.63) is 69.3 Å². The van der Waals surface area contributed by atoms with Crippen molar-refractivity contribution in [2.75, 3.05) is 39.4 Å². The topological polar surface area (TPSA) is 83.2 Å². The Morgan fingerprint density at radius 1 is 1.13 bits per heavy atom. The Morgan fingerprint density at radius 3 is 2.57 bits per heavy atom. The lowest BCUT2D eigenvalue weighted by Crippen LogP contribution is -2.43. The molecule has 0 saturated carbocycles. The molecule has 1 saturated heterocycles. The average Bonchev–Trinajstić information content (AvgIpc) is 3.37. The molecule has 7 nitrogen and oxygen atoms in total. The fraction of sp³-hybridized carbons (Fsp3) is 0.333. The van der Waals surface area contributed by atoms with Gasteiger partial charge in [0.2, 0.25) is 5.78 Å². The summed E-state index contributed by atoms with van der Waals surface area (Å²) in [6.07, 6.45) is 1.37. The number of hydrogen-bond acceptors (Lipinski definition) is 6. The van der Waals surface area contributed by atoms with E-state index in [0.29, 0.717) is 41.9 Å². The summed E-state index contributed by atoms with van der Waals surface area (Å²) < 4.78 is 10.6. The number of Topliss-reactive ketones (excluding diaryl/α,β-unsaturated/α-hetero) is 1. The fourth-order valence-electron chi connectivity index (χ4n) is 3.76. The molecule has 1 aromatic carbocycles. The Bertz CT molecular complexity index is 983. The smallest absolute Gasteiger partial charge is 0.290 e. The number of furan rings is 1. The quantitative estimate of drug-likeness (QED) is 0.678. The van der Waals surface area contributed by atoms with Gasteiger partial charge in [0, 0.05) is 26.2 Å². The monoisotopic (exact) mass is 450 g/mol. The van der Waals surface area contributed by atoms with E-state index in [-0.39, 0.29) is 11.3 Å². The Balaban J connectivity index is 1.69. The zero-order valence-electron chi connectivity index (χ0n) is 16.0. The molecule has 0 bridgehead atoms. The van der Waals surface area contributed by atoms with Crippen LogP contribution in [0.25, 0.3) is 0 Å². The van der Waals surface area contributed by atoms with E-state index in [1.807, 2.05) is 0 Å². The Kier molecular flexibility index (Phi) is 6.15. The van der Waals surface area contributed by atoms with Crippen LogP contribution in [0.1, 0.15) is 22.2 Å². The average molecular weight is 451 g/mol. The first-order valence-corrected chi connectivity index (χ1v) is 10.3. The molecule has 1 unspecified atom stereocenters. The van der Waals surface area contributed by atoms with Crippen LogP contribution in [0.3, 0.4) is 0 Å². The zero-order valence-corrected chi connectivity index (χ0v) is 17.5. The molecular weight excluding hydrogens is 431 g/mol. The summed E-state index contributed by atoms with van der Waals surface area (Å²) >= 11 is 12.2. The number of ether oxygens (including phenoxy) is 1. The molecule has 0 spiro atoms. The number of benzene rings is 1. The van der Waals surface area contributed by atoms with E-state index in [2.05, 4.69) is 4.90 Å². The summed E-state index contributed by atoms with van der Waals surface area (Å²) in [6.45, 7) is 3.70. The highest BCUT2D eigenvalue weighted by Crippen LogP contribution is 2.40. The van der Waals surface area contributed by atoms with E-state index in [0.717, 1.165) is 13.1 Å². The van der Waals surface area contributed by atoms with E-state index < -0.39 is 23.5 Å².